The summed E-state index contributed by atoms with van der Waals surface area (Å²) in [5.74, 6) is -1.46. The van der Waals surface area contributed by atoms with Crippen molar-refractivity contribution in [1.82, 2.24) is 0 Å². The lowest BCUT2D eigenvalue weighted by Crippen LogP contribution is -2.13. The molecule has 0 saturated heterocycles. The summed E-state index contributed by atoms with van der Waals surface area (Å²) in [7, 11) is 0. The summed E-state index contributed by atoms with van der Waals surface area (Å²) in [6.07, 6.45) is 0. The minimum Gasteiger partial charge on any atom is -0.505 e. The molecule has 0 aromatic heterocycles. The van der Waals surface area contributed by atoms with Gasteiger partial charge in [0, 0.05) is 32.4 Å². The number of nitrogens with one attached hydrogen (secondary N) is 2. The second-order valence-electron chi connectivity index (χ2n) is 8.90. The first-order valence-corrected chi connectivity index (χ1v) is 14.0. The Labute approximate surface area is 264 Å². The van der Waals surface area contributed by atoms with Crippen LogP contribution in [-0.4, -0.2) is 16.9 Å². The van der Waals surface area contributed by atoms with E-state index in [-0.39, 0.29) is 32.0 Å². The molecule has 5 aromatic carbocycles. The van der Waals surface area contributed by atoms with Crippen molar-refractivity contribution in [3.05, 3.63) is 121 Å². The van der Waals surface area contributed by atoms with E-state index < -0.39 is 17.6 Å². The molecule has 0 fully saturated rings. The van der Waals surface area contributed by atoms with Crippen molar-refractivity contribution in [3.63, 3.8) is 0 Å². The van der Waals surface area contributed by atoms with Gasteiger partial charge in [-0.3, -0.25) is 9.59 Å². The fourth-order valence-corrected chi connectivity index (χ4v) is 4.78. The summed E-state index contributed by atoms with van der Waals surface area (Å²) >= 11 is 30.3. The second-order valence-corrected chi connectivity index (χ2v) is 11.0. The van der Waals surface area contributed by atoms with Crippen molar-refractivity contribution in [2.45, 2.75) is 0 Å². The van der Waals surface area contributed by atoms with Crippen LogP contribution < -0.4 is 10.6 Å². The maximum Gasteiger partial charge on any atom is 0.259 e. The number of phenols is 1. The molecule has 2 amide bonds. The minimum atomic E-state index is -0.628. The van der Waals surface area contributed by atoms with Crippen LogP contribution in [0.25, 0.3) is 10.8 Å². The van der Waals surface area contributed by atoms with Crippen molar-refractivity contribution in [1.29, 1.82) is 0 Å². The zero-order chi connectivity index (χ0) is 30.0. The molecule has 42 heavy (non-hydrogen) atoms. The molecule has 5 aromatic rings. The first kappa shape index (κ1) is 29.6. The SMILES string of the molecule is O=C(Nc1ccc(Cl)cc1)c1ccc2c(N=Nc3cc(Cl)c(Cl)cc3Cl)c(O)c(C(=O)Nc3ccc(Cl)cc3)cc2c1. The highest BCUT2D eigenvalue weighted by Gasteiger charge is 2.20. The minimum absolute atomic E-state index is 0.0273. The van der Waals surface area contributed by atoms with Crippen molar-refractivity contribution in [3.8, 4) is 5.75 Å². The lowest BCUT2D eigenvalue weighted by Gasteiger charge is -2.13. The molecule has 3 N–H and O–H groups in total. The van der Waals surface area contributed by atoms with E-state index in [1.54, 1.807) is 66.7 Å². The Morgan fingerprint density at radius 1 is 0.619 bits per heavy atom. The van der Waals surface area contributed by atoms with Crippen LogP contribution in [0.2, 0.25) is 25.1 Å². The van der Waals surface area contributed by atoms with Crippen LogP contribution in [0.4, 0.5) is 22.7 Å². The Bertz CT molecular complexity index is 1880. The van der Waals surface area contributed by atoms with Crippen molar-refractivity contribution in [2.75, 3.05) is 10.6 Å². The van der Waals surface area contributed by atoms with Gasteiger partial charge < -0.3 is 15.7 Å². The average Bonchev–Trinajstić information content (AvgIpc) is 2.96. The number of hydrogen-bond donors (Lipinski definition) is 3. The summed E-state index contributed by atoms with van der Waals surface area (Å²) in [5.41, 5.74) is 1.34. The molecule has 210 valence electrons. The molecule has 0 aliphatic heterocycles. The van der Waals surface area contributed by atoms with Crippen molar-refractivity contribution in [2.24, 2.45) is 10.2 Å². The number of carbonyl (C=O) groups is 2. The number of aromatic hydroxyl groups is 1. The maximum absolute atomic E-state index is 13.3. The Kier molecular flexibility index (Phi) is 8.87. The standard InChI is InChI=1S/C30H17Cl5N4O3/c31-17-2-6-19(7-3-17)36-29(41)15-1-10-21-16(11-15)12-22(30(42)37-20-8-4-18(32)5-9-20)28(40)27(21)39-38-26-14-24(34)23(33)13-25(26)35/h1-14,40H,(H,36,41)(H,37,42). The van der Waals surface area contributed by atoms with E-state index in [4.69, 9.17) is 58.0 Å². The van der Waals surface area contributed by atoms with Gasteiger partial charge in [-0.25, -0.2) is 0 Å². The number of fused-ring (bicyclic) bond motifs is 1. The number of benzene rings is 5. The highest BCUT2D eigenvalue weighted by Crippen LogP contribution is 2.41. The average molecular weight is 659 g/mol. The number of azo groups is 1. The molecular weight excluding hydrogens is 642 g/mol. The molecule has 12 heteroatoms. The first-order valence-electron chi connectivity index (χ1n) is 12.1. The predicted octanol–water partition coefficient (Wildman–Crippen LogP) is 10.7. The number of amides is 2. The molecule has 0 saturated carbocycles. The summed E-state index contributed by atoms with van der Waals surface area (Å²) in [5, 5.41) is 27.6. The molecule has 0 heterocycles. The van der Waals surface area contributed by atoms with E-state index in [9.17, 15) is 14.7 Å². The Morgan fingerprint density at radius 3 is 1.81 bits per heavy atom. The van der Waals surface area contributed by atoms with Gasteiger partial charge in [-0.05, 0) is 84.2 Å². The lowest BCUT2D eigenvalue weighted by molar-refractivity contribution is 0.101. The van der Waals surface area contributed by atoms with E-state index in [2.05, 4.69) is 20.9 Å². The molecule has 0 aliphatic carbocycles. The zero-order valence-electron chi connectivity index (χ0n) is 21.1. The van der Waals surface area contributed by atoms with Gasteiger partial charge in [0.25, 0.3) is 11.8 Å². The van der Waals surface area contributed by atoms with Crippen LogP contribution in [0.5, 0.6) is 5.75 Å². The first-order chi connectivity index (χ1) is 20.1. The van der Waals surface area contributed by atoms with E-state index in [0.29, 0.717) is 37.8 Å². The van der Waals surface area contributed by atoms with Gasteiger partial charge in [-0.15, -0.1) is 10.2 Å². The van der Waals surface area contributed by atoms with Crippen LogP contribution in [0.3, 0.4) is 0 Å². The number of hydrogen-bond acceptors (Lipinski definition) is 5. The van der Waals surface area contributed by atoms with Crippen molar-refractivity contribution < 1.29 is 14.7 Å². The summed E-state index contributed by atoms with van der Waals surface area (Å²) in [4.78, 5) is 26.3. The van der Waals surface area contributed by atoms with Gasteiger partial charge in [0.05, 0.1) is 20.6 Å². The smallest absolute Gasteiger partial charge is 0.259 e. The van der Waals surface area contributed by atoms with Gasteiger partial charge in [0.2, 0.25) is 0 Å². The molecule has 0 bridgehead atoms. The highest BCUT2D eigenvalue weighted by atomic mass is 35.5. The normalized spacial score (nSPS) is 11.2. The summed E-state index contributed by atoms with van der Waals surface area (Å²) < 4.78 is 0. The molecular formula is C30H17Cl5N4O3. The molecule has 0 unspecified atom stereocenters. The molecule has 0 radical (unpaired) electrons. The Balaban J connectivity index is 1.59. The zero-order valence-corrected chi connectivity index (χ0v) is 24.9. The van der Waals surface area contributed by atoms with Gasteiger partial charge in [-0.1, -0.05) is 64.1 Å². The van der Waals surface area contributed by atoms with Gasteiger partial charge in [0.15, 0.2) is 5.75 Å². The van der Waals surface area contributed by atoms with E-state index >= 15 is 0 Å². The second kappa shape index (κ2) is 12.6. The highest BCUT2D eigenvalue weighted by molar-refractivity contribution is 6.44. The van der Waals surface area contributed by atoms with Crippen LogP contribution >= 0.6 is 58.0 Å². The monoisotopic (exact) mass is 656 g/mol. The summed E-state index contributed by atoms with van der Waals surface area (Å²) in [6, 6.07) is 22.1. The van der Waals surface area contributed by atoms with E-state index in [0.717, 1.165) is 0 Å². The lowest BCUT2D eigenvalue weighted by atomic mass is 10.0. The van der Waals surface area contributed by atoms with Gasteiger partial charge in [0.1, 0.15) is 11.4 Å². The van der Waals surface area contributed by atoms with Crippen LogP contribution in [-0.2, 0) is 0 Å². The third kappa shape index (κ3) is 6.62. The molecule has 0 spiro atoms. The maximum atomic E-state index is 13.3. The number of nitrogens with zero attached hydrogens (tertiary/aromatic N) is 2. The van der Waals surface area contributed by atoms with Crippen LogP contribution in [0.15, 0.2) is 95.2 Å². The Morgan fingerprint density at radius 2 is 1.19 bits per heavy atom. The van der Waals surface area contributed by atoms with Crippen LogP contribution in [0.1, 0.15) is 20.7 Å². The molecule has 0 aliphatic rings. The number of anilines is 2. The van der Waals surface area contributed by atoms with Gasteiger partial charge in [-0.2, -0.15) is 0 Å². The third-order valence-electron chi connectivity index (χ3n) is 6.04. The fourth-order valence-electron chi connectivity index (χ4n) is 3.95. The molecule has 5 rings (SSSR count). The molecule has 7 nitrogen and oxygen atoms in total. The third-order valence-corrected chi connectivity index (χ3v) is 7.57. The fraction of sp³-hybridized carbons (Fsp3) is 0. The predicted molar refractivity (Wildman–Crippen MR) is 170 cm³/mol. The quantitative estimate of drug-likeness (QED) is 0.125. The number of phenolic OH excluding ortho intramolecular Hbond substituents is 1. The topological polar surface area (TPSA) is 103 Å². The van der Waals surface area contributed by atoms with E-state index in [1.165, 1.54) is 18.2 Å². The number of rotatable bonds is 6. The van der Waals surface area contributed by atoms with E-state index in [1.807, 2.05) is 0 Å². The van der Waals surface area contributed by atoms with Crippen molar-refractivity contribution >= 4 is 103 Å². The number of halogens is 5. The number of carbonyl (C=O) groups excluding carboxylic acids is 2. The summed E-state index contributed by atoms with van der Waals surface area (Å²) in [6.45, 7) is 0. The largest absolute Gasteiger partial charge is 0.505 e. The van der Waals surface area contributed by atoms with Gasteiger partial charge >= 0.3 is 0 Å². The van der Waals surface area contributed by atoms with Crippen LogP contribution in [0, 0.1) is 0 Å². The molecule has 0 atom stereocenters. The Hall–Kier alpha value is -3.85.